The van der Waals surface area contributed by atoms with Gasteiger partial charge in [-0.3, -0.25) is 4.98 Å². The standard InChI is InChI=1S/C11H18N2/c1-5-11(13(3)4)10-7-6-9(2)12-8-10/h6-8,11H,5H2,1-4H3. The van der Waals surface area contributed by atoms with E-state index in [1.54, 1.807) is 0 Å². The number of pyridine rings is 1. The molecular weight excluding hydrogens is 160 g/mol. The Labute approximate surface area is 80.6 Å². The lowest BCUT2D eigenvalue weighted by Gasteiger charge is -2.22. The second-order valence-corrected chi connectivity index (χ2v) is 3.62. The van der Waals surface area contributed by atoms with Crippen molar-refractivity contribution in [3.63, 3.8) is 0 Å². The first kappa shape index (κ1) is 10.2. The molecule has 1 heterocycles. The van der Waals surface area contributed by atoms with Crippen LogP contribution in [0.3, 0.4) is 0 Å². The Morgan fingerprint density at radius 2 is 2.08 bits per heavy atom. The van der Waals surface area contributed by atoms with E-state index in [2.05, 4.69) is 43.0 Å². The molecule has 0 aliphatic heterocycles. The summed E-state index contributed by atoms with van der Waals surface area (Å²) in [7, 11) is 4.21. The van der Waals surface area contributed by atoms with E-state index in [1.165, 1.54) is 5.56 Å². The Morgan fingerprint density at radius 1 is 1.38 bits per heavy atom. The second-order valence-electron chi connectivity index (χ2n) is 3.62. The summed E-state index contributed by atoms with van der Waals surface area (Å²) in [5.41, 5.74) is 2.38. The summed E-state index contributed by atoms with van der Waals surface area (Å²) in [4.78, 5) is 6.53. The highest BCUT2D eigenvalue weighted by Crippen LogP contribution is 2.20. The van der Waals surface area contributed by atoms with Crippen LogP contribution in [0.5, 0.6) is 0 Å². The molecule has 0 N–H and O–H groups in total. The Kier molecular flexibility index (Phi) is 3.43. The summed E-state index contributed by atoms with van der Waals surface area (Å²) < 4.78 is 0. The number of hydrogen-bond donors (Lipinski definition) is 0. The van der Waals surface area contributed by atoms with E-state index < -0.39 is 0 Å². The molecule has 0 saturated heterocycles. The van der Waals surface area contributed by atoms with E-state index in [-0.39, 0.29) is 0 Å². The first-order valence-electron chi connectivity index (χ1n) is 4.74. The molecule has 0 bridgehead atoms. The topological polar surface area (TPSA) is 16.1 Å². The zero-order valence-electron chi connectivity index (χ0n) is 8.91. The van der Waals surface area contributed by atoms with Gasteiger partial charge in [0.1, 0.15) is 0 Å². The maximum atomic E-state index is 4.30. The number of rotatable bonds is 3. The van der Waals surface area contributed by atoms with Gasteiger partial charge in [0.25, 0.3) is 0 Å². The Balaban J connectivity index is 2.86. The van der Waals surface area contributed by atoms with Crippen LogP contribution in [0.4, 0.5) is 0 Å². The van der Waals surface area contributed by atoms with Gasteiger partial charge in [0.2, 0.25) is 0 Å². The average molecular weight is 178 g/mol. The average Bonchev–Trinajstić information content (AvgIpc) is 2.09. The molecule has 1 unspecified atom stereocenters. The van der Waals surface area contributed by atoms with Gasteiger partial charge < -0.3 is 4.90 Å². The van der Waals surface area contributed by atoms with Crippen molar-refractivity contribution in [1.29, 1.82) is 0 Å². The highest BCUT2D eigenvalue weighted by atomic mass is 15.1. The highest BCUT2D eigenvalue weighted by Gasteiger charge is 2.10. The summed E-state index contributed by atoms with van der Waals surface area (Å²) in [6, 6.07) is 4.73. The molecule has 1 atom stereocenters. The van der Waals surface area contributed by atoms with Crippen LogP contribution < -0.4 is 0 Å². The summed E-state index contributed by atoms with van der Waals surface area (Å²) in [5.74, 6) is 0. The quantitative estimate of drug-likeness (QED) is 0.706. The fraction of sp³-hybridized carbons (Fsp3) is 0.545. The fourth-order valence-corrected chi connectivity index (χ4v) is 1.58. The number of hydrogen-bond acceptors (Lipinski definition) is 2. The maximum Gasteiger partial charge on any atom is 0.0372 e. The minimum atomic E-state index is 0.494. The Morgan fingerprint density at radius 3 is 2.46 bits per heavy atom. The summed E-state index contributed by atoms with van der Waals surface area (Å²) in [6.07, 6.45) is 3.10. The van der Waals surface area contributed by atoms with Gasteiger partial charge in [-0.2, -0.15) is 0 Å². The SMILES string of the molecule is CCC(c1ccc(C)nc1)N(C)C. The van der Waals surface area contributed by atoms with Crippen LogP contribution in [0.15, 0.2) is 18.3 Å². The van der Waals surface area contributed by atoms with Gasteiger partial charge in [-0.1, -0.05) is 13.0 Å². The summed E-state index contributed by atoms with van der Waals surface area (Å²) in [5, 5.41) is 0. The molecule has 1 rings (SSSR count). The molecule has 1 aromatic heterocycles. The van der Waals surface area contributed by atoms with E-state index in [1.807, 2.05) is 13.1 Å². The van der Waals surface area contributed by atoms with Crippen molar-refractivity contribution in [1.82, 2.24) is 9.88 Å². The molecule has 1 aromatic rings. The normalized spacial score (nSPS) is 13.3. The summed E-state index contributed by atoms with van der Waals surface area (Å²) in [6.45, 7) is 4.21. The third-order valence-electron chi connectivity index (χ3n) is 2.33. The van der Waals surface area contributed by atoms with E-state index in [0.717, 1.165) is 12.1 Å². The van der Waals surface area contributed by atoms with Crippen LogP contribution in [-0.2, 0) is 0 Å². The van der Waals surface area contributed by atoms with Crippen LogP contribution in [0.25, 0.3) is 0 Å². The molecule has 0 aromatic carbocycles. The Bertz CT molecular complexity index is 251. The molecule has 0 spiro atoms. The molecule has 0 fully saturated rings. The number of aromatic nitrogens is 1. The monoisotopic (exact) mass is 178 g/mol. The maximum absolute atomic E-state index is 4.30. The second kappa shape index (κ2) is 4.38. The predicted octanol–water partition coefficient (Wildman–Crippen LogP) is 2.40. The van der Waals surface area contributed by atoms with Gasteiger partial charge in [-0.15, -0.1) is 0 Å². The minimum absolute atomic E-state index is 0.494. The molecule has 0 saturated carbocycles. The van der Waals surface area contributed by atoms with Crippen LogP contribution >= 0.6 is 0 Å². The first-order chi connectivity index (χ1) is 6.15. The molecule has 0 amide bonds. The zero-order valence-corrected chi connectivity index (χ0v) is 8.91. The lowest BCUT2D eigenvalue weighted by atomic mass is 10.1. The van der Waals surface area contributed by atoms with Crippen LogP contribution in [-0.4, -0.2) is 24.0 Å². The van der Waals surface area contributed by atoms with Crippen LogP contribution in [0.2, 0.25) is 0 Å². The van der Waals surface area contributed by atoms with Crippen molar-refractivity contribution in [3.05, 3.63) is 29.6 Å². The van der Waals surface area contributed by atoms with E-state index in [0.29, 0.717) is 6.04 Å². The lowest BCUT2D eigenvalue weighted by molar-refractivity contribution is 0.291. The largest absolute Gasteiger partial charge is 0.302 e. The van der Waals surface area contributed by atoms with Crippen molar-refractivity contribution >= 4 is 0 Å². The van der Waals surface area contributed by atoms with Crippen LogP contribution in [0, 0.1) is 6.92 Å². The molecule has 2 heteroatoms. The van der Waals surface area contributed by atoms with Crippen molar-refractivity contribution in [2.24, 2.45) is 0 Å². The van der Waals surface area contributed by atoms with Crippen molar-refractivity contribution in [2.45, 2.75) is 26.3 Å². The summed E-state index contributed by atoms with van der Waals surface area (Å²) >= 11 is 0. The van der Waals surface area contributed by atoms with Gasteiger partial charge in [0, 0.05) is 17.9 Å². The molecule has 0 aliphatic rings. The molecule has 13 heavy (non-hydrogen) atoms. The third kappa shape index (κ3) is 2.52. The Hall–Kier alpha value is -0.890. The van der Waals surface area contributed by atoms with Crippen LogP contribution in [0.1, 0.15) is 30.6 Å². The van der Waals surface area contributed by atoms with Crippen molar-refractivity contribution in [2.75, 3.05) is 14.1 Å². The van der Waals surface area contributed by atoms with E-state index in [9.17, 15) is 0 Å². The zero-order chi connectivity index (χ0) is 9.84. The van der Waals surface area contributed by atoms with Crippen molar-refractivity contribution < 1.29 is 0 Å². The fourth-order valence-electron chi connectivity index (χ4n) is 1.58. The lowest BCUT2D eigenvalue weighted by Crippen LogP contribution is -2.19. The number of nitrogens with zero attached hydrogens (tertiary/aromatic N) is 2. The molecule has 0 radical (unpaired) electrons. The van der Waals surface area contributed by atoms with Gasteiger partial charge in [0.05, 0.1) is 0 Å². The van der Waals surface area contributed by atoms with Gasteiger partial charge >= 0.3 is 0 Å². The molecule has 2 nitrogen and oxygen atoms in total. The predicted molar refractivity (Wildman–Crippen MR) is 55.7 cm³/mol. The molecule has 72 valence electrons. The number of aryl methyl sites for hydroxylation is 1. The molecule has 0 aliphatic carbocycles. The van der Waals surface area contributed by atoms with Gasteiger partial charge in [-0.05, 0) is 39.1 Å². The molecular formula is C11H18N2. The third-order valence-corrected chi connectivity index (χ3v) is 2.33. The minimum Gasteiger partial charge on any atom is -0.302 e. The highest BCUT2D eigenvalue weighted by molar-refractivity contribution is 5.16. The van der Waals surface area contributed by atoms with E-state index >= 15 is 0 Å². The van der Waals surface area contributed by atoms with E-state index in [4.69, 9.17) is 0 Å². The smallest absolute Gasteiger partial charge is 0.0372 e. The van der Waals surface area contributed by atoms with Gasteiger partial charge in [-0.25, -0.2) is 0 Å². The first-order valence-corrected chi connectivity index (χ1v) is 4.74. The van der Waals surface area contributed by atoms with Gasteiger partial charge in [0.15, 0.2) is 0 Å². The van der Waals surface area contributed by atoms with Crippen molar-refractivity contribution in [3.8, 4) is 0 Å².